The molecule has 0 saturated heterocycles. The van der Waals surface area contributed by atoms with Gasteiger partial charge in [0.25, 0.3) is 16.1 Å². The number of H-pyrrole nitrogens is 2. The van der Waals surface area contributed by atoms with Gasteiger partial charge in [0.1, 0.15) is 35.7 Å². The molecule has 0 aliphatic carbocycles. The molecule has 6 aromatic rings. The van der Waals surface area contributed by atoms with Crippen LogP contribution >= 0.6 is 0 Å². The first-order valence-corrected chi connectivity index (χ1v) is 24.5. The summed E-state index contributed by atoms with van der Waals surface area (Å²) < 4.78 is 45.1. The first-order chi connectivity index (χ1) is 35.3. The van der Waals surface area contributed by atoms with Crippen LogP contribution in [0.25, 0.3) is 10.9 Å². The number of rotatable bonds is 26. The minimum atomic E-state index is -4.92. The van der Waals surface area contributed by atoms with Crippen molar-refractivity contribution in [2.45, 2.75) is 69.4 Å². The zero-order valence-corrected chi connectivity index (χ0v) is 40.7. The van der Waals surface area contributed by atoms with E-state index >= 15 is 0 Å². The maximum atomic E-state index is 14.4. The Kier molecular flexibility index (Phi) is 19.1. The van der Waals surface area contributed by atoms with Crippen LogP contribution in [0.3, 0.4) is 0 Å². The summed E-state index contributed by atoms with van der Waals surface area (Å²) in [6.45, 7) is -0.557. The van der Waals surface area contributed by atoms with E-state index in [9.17, 15) is 51.5 Å². The molecular weight excluding hydrogens is 982 g/mol. The summed E-state index contributed by atoms with van der Waals surface area (Å²) in [6.07, 6.45) is 3.99. The number of primary amides is 1. The van der Waals surface area contributed by atoms with Crippen LogP contribution in [0, 0.1) is 5.82 Å². The number of aromatic hydroxyl groups is 1. The second kappa shape index (κ2) is 25.7. The molecule has 74 heavy (non-hydrogen) atoms. The van der Waals surface area contributed by atoms with E-state index in [-0.39, 0.29) is 37.0 Å². The molecule has 7 amide bonds. The number of phenols is 1. The number of aromatic amines is 2. The van der Waals surface area contributed by atoms with E-state index in [1.54, 1.807) is 72.9 Å². The molecule has 0 bridgehead atoms. The molecule has 0 spiro atoms. The number of halogens is 1. The third-order valence-electron chi connectivity index (χ3n) is 11.4. The minimum absolute atomic E-state index is 0.0337. The number of aromatic nitrogens is 3. The van der Waals surface area contributed by atoms with Gasteiger partial charge in [0.2, 0.25) is 35.4 Å². The number of hydrogen-bond donors (Lipinski definition) is 12. The predicted octanol–water partition coefficient (Wildman–Crippen LogP) is -0.738. The number of carbonyl (C=O) groups is 7. The zero-order chi connectivity index (χ0) is 53.4. The summed E-state index contributed by atoms with van der Waals surface area (Å²) in [5, 5.41) is 22.8. The molecular formula is C49H56FN13O10S. The highest BCUT2D eigenvalue weighted by Gasteiger charge is 2.34. The quantitative estimate of drug-likeness (QED) is 0.0299. The predicted molar refractivity (Wildman–Crippen MR) is 267 cm³/mol. The Labute approximate surface area is 424 Å². The van der Waals surface area contributed by atoms with E-state index in [1.165, 1.54) is 43.7 Å². The van der Waals surface area contributed by atoms with Crippen molar-refractivity contribution in [3.8, 4) is 5.75 Å². The Morgan fingerprint density at radius 3 is 2.01 bits per heavy atom. The number of para-hydroxylation sites is 1. The maximum Gasteiger partial charge on any atom is 0.297 e. The van der Waals surface area contributed by atoms with E-state index < -0.39 is 107 Å². The first kappa shape index (κ1) is 54.8. The van der Waals surface area contributed by atoms with Gasteiger partial charge in [-0.2, -0.15) is 13.1 Å². The van der Waals surface area contributed by atoms with Gasteiger partial charge in [-0.15, -0.1) is 0 Å². The molecule has 390 valence electrons. The lowest BCUT2D eigenvalue weighted by Gasteiger charge is -2.28. The molecule has 5 atom stereocenters. The number of hydrogen-bond acceptors (Lipinski definition) is 12. The second-order valence-electron chi connectivity index (χ2n) is 17.1. The van der Waals surface area contributed by atoms with Crippen molar-refractivity contribution in [3.63, 3.8) is 0 Å². The van der Waals surface area contributed by atoms with Crippen LogP contribution in [0.5, 0.6) is 5.75 Å². The zero-order valence-electron chi connectivity index (χ0n) is 39.8. The van der Waals surface area contributed by atoms with Crippen LogP contribution in [0.1, 0.15) is 34.9 Å². The fourth-order valence-corrected chi connectivity index (χ4v) is 8.67. The van der Waals surface area contributed by atoms with E-state index in [2.05, 4.69) is 51.7 Å². The van der Waals surface area contributed by atoms with Gasteiger partial charge < -0.3 is 53.1 Å². The average Bonchev–Trinajstić information content (AvgIpc) is 4.05. The molecule has 4 aromatic carbocycles. The molecule has 0 fully saturated rings. The van der Waals surface area contributed by atoms with Crippen LogP contribution in [-0.4, -0.2) is 118 Å². The Morgan fingerprint density at radius 2 is 1.32 bits per heavy atom. The van der Waals surface area contributed by atoms with Crippen LogP contribution in [0.4, 0.5) is 4.39 Å². The van der Waals surface area contributed by atoms with Gasteiger partial charge in [0.05, 0.1) is 32.0 Å². The van der Waals surface area contributed by atoms with E-state index in [0.29, 0.717) is 37.7 Å². The SMILES string of the molecule is CC(NC(=O)C(Cc1c[nH]c2ccccc12)NC(=O)C(Cc1cnc[nH]1)NC(=O)CNC(=O)C(N)Cc1ccc(O)cc1)C(=O)NN(Cc1ccc(F)cc1)S(=O)(=O)N[C@H](Cc1ccccc1)C(=O)NCC(N)=O. The molecule has 0 radical (unpaired) electrons. The molecule has 0 saturated carbocycles. The summed E-state index contributed by atoms with van der Waals surface area (Å²) in [5.74, 6) is -6.72. The van der Waals surface area contributed by atoms with Crippen molar-refractivity contribution < 1.29 is 51.5 Å². The van der Waals surface area contributed by atoms with Gasteiger partial charge in [-0.3, -0.25) is 39.0 Å². The topological polar surface area (TPSA) is 358 Å². The fourth-order valence-electron chi connectivity index (χ4n) is 7.47. The van der Waals surface area contributed by atoms with Crippen LogP contribution in [-0.2, 0) is 76.0 Å². The average molecular weight is 1040 g/mol. The van der Waals surface area contributed by atoms with Crippen molar-refractivity contribution in [1.82, 2.24) is 56.1 Å². The number of amides is 7. The Hall–Kier alpha value is -8.52. The Morgan fingerprint density at radius 1 is 0.689 bits per heavy atom. The first-order valence-electron chi connectivity index (χ1n) is 23.0. The third-order valence-corrected chi connectivity index (χ3v) is 12.7. The molecule has 25 heteroatoms. The number of nitrogens with one attached hydrogen (secondary N) is 9. The van der Waals surface area contributed by atoms with Crippen molar-refractivity contribution in [2.75, 3.05) is 13.1 Å². The molecule has 14 N–H and O–H groups in total. The van der Waals surface area contributed by atoms with Crippen molar-refractivity contribution in [3.05, 3.63) is 156 Å². The van der Waals surface area contributed by atoms with Crippen molar-refractivity contribution in [1.29, 1.82) is 0 Å². The summed E-state index contributed by atoms with van der Waals surface area (Å²) >= 11 is 0. The molecule has 6 rings (SSSR count). The van der Waals surface area contributed by atoms with E-state index in [1.807, 2.05) is 0 Å². The minimum Gasteiger partial charge on any atom is -0.508 e. The maximum absolute atomic E-state index is 14.4. The number of carbonyl (C=O) groups excluding carboxylic acids is 7. The van der Waals surface area contributed by atoms with Gasteiger partial charge in [-0.25, -0.2) is 9.37 Å². The highest BCUT2D eigenvalue weighted by molar-refractivity contribution is 7.87. The van der Waals surface area contributed by atoms with E-state index in [4.69, 9.17) is 11.5 Å². The van der Waals surface area contributed by atoms with Gasteiger partial charge in [0.15, 0.2) is 0 Å². The molecule has 0 aliphatic rings. The number of nitrogens with two attached hydrogens (primary N) is 2. The number of hydrazine groups is 1. The number of phenolic OH excluding ortho intramolecular Hbond substituents is 1. The molecule has 2 heterocycles. The lowest BCUT2D eigenvalue weighted by Crippen LogP contribution is -2.60. The summed E-state index contributed by atoms with van der Waals surface area (Å²) in [4.78, 5) is 104. The smallest absolute Gasteiger partial charge is 0.297 e. The standard InChI is InChI=1S/C49H56FN13O10S/c1-29(45(67)61-63(27-32-11-15-34(50)16-12-32)74(72,73)62-42(47(69)55-25-43(52)65)20-30-7-3-2-4-8-30)58-48(70)40(21-33-23-54-39-10-6-5-9-37(33)39)60-49(71)41(22-35-24-53-28-57-35)59-44(66)26-56-46(68)38(51)19-31-13-17-36(64)18-14-31/h2-18,23-24,28-29,38,40-42,54,62,64H,19-22,25-27,51H2,1H3,(H2,52,65)(H,53,57)(H,55,69)(H,56,68)(H,58,70)(H,59,66)(H,60,71)(H,61,67)/t29?,38?,40?,41?,42-/m1/s1. The Balaban J connectivity index is 1.20. The van der Waals surface area contributed by atoms with Gasteiger partial charge in [-0.1, -0.05) is 77.2 Å². The summed E-state index contributed by atoms with van der Waals surface area (Å²) in [7, 11) is -4.92. The summed E-state index contributed by atoms with van der Waals surface area (Å²) in [6, 6.07) is 19.2. The highest BCUT2D eigenvalue weighted by Crippen LogP contribution is 2.20. The number of benzene rings is 4. The number of nitrogens with zero attached hydrogens (tertiary/aromatic N) is 2. The van der Waals surface area contributed by atoms with Crippen molar-refractivity contribution >= 4 is 62.5 Å². The molecule has 23 nitrogen and oxygen atoms in total. The fraction of sp³-hybridized carbons (Fsp3) is 0.265. The lowest BCUT2D eigenvalue weighted by atomic mass is 10.0. The molecule has 2 aromatic heterocycles. The second-order valence-corrected chi connectivity index (χ2v) is 18.7. The highest BCUT2D eigenvalue weighted by atomic mass is 32.2. The largest absolute Gasteiger partial charge is 0.508 e. The van der Waals surface area contributed by atoms with Crippen LogP contribution in [0.2, 0.25) is 0 Å². The summed E-state index contributed by atoms with van der Waals surface area (Å²) in [5.41, 5.74) is 16.6. The third kappa shape index (κ3) is 16.3. The normalized spacial score (nSPS) is 13.4. The lowest BCUT2D eigenvalue weighted by molar-refractivity contribution is -0.134. The van der Waals surface area contributed by atoms with Crippen molar-refractivity contribution in [2.24, 2.45) is 11.5 Å². The molecule has 4 unspecified atom stereocenters. The Bertz CT molecular complexity index is 3020. The van der Waals surface area contributed by atoms with Crippen LogP contribution < -0.4 is 48.2 Å². The van der Waals surface area contributed by atoms with Gasteiger partial charge in [-0.05, 0) is 72.4 Å². The van der Waals surface area contributed by atoms with E-state index in [0.717, 1.165) is 12.1 Å². The van der Waals surface area contributed by atoms with Gasteiger partial charge in [0, 0.05) is 41.8 Å². The molecule has 0 aliphatic heterocycles. The number of fused-ring (bicyclic) bond motifs is 1. The number of imidazole rings is 1. The monoisotopic (exact) mass is 1040 g/mol. The van der Waals surface area contributed by atoms with Gasteiger partial charge >= 0.3 is 0 Å². The van der Waals surface area contributed by atoms with Crippen LogP contribution in [0.15, 0.2) is 122 Å².